The number of anilines is 1. The molecule has 2 unspecified atom stereocenters. The molecule has 184 valence electrons. The minimum absolute atomic E-state index is 0.226. The van der Waals surface area contributed by atoms with E-state index in [2.05, 4.69) is 49.9 Å². The highest BCUT2D eigenvalue weighted by molar-refractivity contribution is 6.30. The van der Waals surface area contributed by atoms with Gasteiger partial charge in [0.1, 0.15) is 12.1 Å². The lowest BCUT2D eigenvalue weighted by atomic mass is 10.1. The summed E-state index contributed by atoms with van der Waals surface area (Å²) in [5, 5.41) is 19.2. The Balaban J connectivity index is 1.09. The van der Waals surface area contributed by atoms with E-state index in [1.807, 2.05) is 13.0 Å². The highest BCUT2D eigenvalue weighted by Crippen LogP contribution is 2.51. The first-order valence-electron chi connectivity index (χ1n) is 12.0. The molecule has 4 aromatic rings. The molecule has 1 saturated heterocycles. The summed E-state index contributed by atoms with van der Waals surface area (Å²) in [6.07, 6.45) is 4.82. The number of nitrogens with zero attached hydrogens (tertiary/aromatic N) is 8. The zero-order valence-corrected chi connectivity index (χ0v) is 20.8. The van der Waals surface area contributed by atoms with Crippen LogP contribution in [0.5, 0.6) is 0 Å². The molecule has 1 N–H and O–H groups in total. The van der Waals surface area contributed by atoms with Crippen molar-refractivity contribution in [3.8, 4) is 5.69 Å². The number of carbonyl (C=O) groups is 1. The first-order chi connectivity index (χ1) is 17.5. The quantitative estimate of drug-likeness (QED) is 0.413. The van der Waals surface area contributed by atoms with Gasteiger partial charge in [-0.25, -0.2) is 9.67 Å². The Labute approximate surface area is 213 Å². The average Bonchev–Trinajstić information content (AvgIpc) is 3.44. The van der Waals surface area contributed by atoms with Crippen LogP contribution in [-0.4, -0.2) is 54.0 Å². The van der Waals surface area contributed by atoms with Crippen molar-refractivity contribution in [2.75, 3.05) is 18.0 Å². The number of aryl methyl sites for hydroxylation is 1. The van der Waals surface area contributed by atoms with Crippen LogP contribution in [-0.2, 0) is 13.1 Å². The van der Waals surface area contributed by atoms with Crippen LogP contribution >= 0.6 is 11.6 Å². The molecule has 2 aliphatic rings. The Kier molecular flexibility index (Phi) is 5.67. The van der Waals surface area contributed by atoms with Crippen LogP contribution < -0.4 is 10.2 Å². The van der Waals surface area contributed by atoms with Gasteiger partial charge in [0, 0.05) is 36.5 Å². The second kappa shape index (κ2) is 9.02. The maximum atomic E-state index is 12.8. The number of hydrogen-bond donors (Lipinski definition) is 1. The van der Waals surface area contributed by atoms with Gasteiger partial charge in [0.15, 0.2) is 0 Å². The summed E-state index contributed by atoms with van der Waals surface area (Å²) < 4.78 is 3.29. The fraction of sp³-hybridized carbons (Fsp3) is 0.360. The largest absolute Gasteiger partial charge is 0.356 e. The SMILES string of the molecule is Cc1nc(N2CC3C(C)C3C2)ccc1Cn1cc(C(=O)NCc2cc(Cl)ccc2-n2cnnn2)cn1. The third-order valence-electron chi connectivity index (χ3n) is 7.43. The van der Waals surface area contributed by atoms with Gasteiger partial charge < -0.3 is 10.2 Å². The van der Waals surface area contributed by atoms with E-state index < -0.39 is 0 Å². The first kappa shape index (κ1) is 22.7. The zero-order chi connectivity index (χ0) is 24.8. The van der Waals surface area contributed by atoms with Crippen LogP contribution in [0.15, 0.2) is 49.1 Å². The maximum Gasteiger partial charge on any atom is 0.254 e. The average molecular weight is 504 g/mol. The van der Waals surface area contributed by atoms with Gasteiger partial charge in [0.2, 0.25) is 0 Å². The molecular formula is C25H26ClN9O. The van der Waals surface area contributed by atoms with E-state index >= 15 is 0 Å². The summed E-state index contributed by atoms with van der Waals surface area (Å²) in [5.41, 5.74) is 4.08. The third kappa shape index (κ3) is 4.32. The smallest absolute Gasteiger partial charge is 0.254 e. The molecule has 11 heteroatoms. The number of tetrazole rings is 1. The molecule has 1 aliphatic carbocycles. The normalized spacial score (nSPS) is 20.4. The number of nitrogens with one attached hydrogen (secondary N) is 1. The number of piperidine rings is 1. The maximum absolute atomic E-state index is 12.8. The molecule has 36 heavy (non-hydrogen) atoms. The standard InChI is InChI=1S/C25H26ClN9O/c1-15-21-12-33(13-22(15)21)24-6-3-17(16(2)30-24)10-34-11-19(9-29-34)25(36)27-8-18-7-20(26)4-5-23(18)35-14-28-31-32-35/h3-7,9,11,14-15,21-22H,8,10,12-13H2,1-2H3,(H,27,36). The first-order valence-corrected chi connectivity index (χ1v) is 12.4. The van der Waals surface area contributed by atoms with Gasteiger partial charge in [0.05, 0.1) is 24.0 Å². The van der Waals surface area contributed by atoms with Crippen molar-refractivity contribution >= 4 is 23.3 Å². The molecule has 1 amide bonds. The van der Waals surface area contributed by atoms with Crippen LogP contribution in [0.25, 0.3) is 5.69 Å². The number of carbonyl (C=O) groups excluding carboxylic acids is 1. The fourth-order valence-electron chi connectivity index (χ4n) is 5.14. The lowest BCUT2D eigenvalue weighted by Gasteiger charge is -2.21. The van der Waals surface area contributed by atoms with E-state index in [-0.39, 0.29) is 12.5 Å². The molecule has 3 aromatic heterocycles. The Hall–Kier alpha value is -3.79. The van der Waals surface area contributed by atoms with Gasteiger partial charge in [-0.1, -0.05) is 24.6 Å². The van der Waals surface area contributed by atoms with Gasteiger partial charge in [-0.2, -0.15) is 5.10 Å². The molecule has 4 heterocycles. The summed E-state index contributed by atoms with van der Waals surface area (Å²) in [5.74, 6) is 3.37. The van der Waals surface area contributed by atoms with E-state index in [1.54, 1.807) is 29.2 Å². The minimum atomic E-state index is -0.226. The van der Waals surface area contributed by atoms with Crippen molar-refractivity contribution in [2.45, 2.75) is 26.9 Å². The lowest BCUT2D eigenvalue weighted by molar-refractivity contribution is 0.0951. The Bertz CT molecular complexity index is 1400. The molecule has 10 nitrogen and oxygen atoms in total. The van der Waals surface area contributed by atoms with Crippen LogP contribution in [0.2, 0.25) is 5.02 Å². The summed E-state index contributed by atoms with van der Waals surface area (Å²) in [6, 6.07) is 9.57. The topological polar surface area (TPSA) is 107 Å². The van der Waals surface area contributed by atoms with E-state index in [4.69, 9.17) is 16.6 Å². The highest BCUT2D eigenvalue weighted by Gasteiger charge is 2.52. The molecule has 2 atom stereocenters. The van der Waals surface area contributed by atoms with E-state index in [0.717, 1.165) is 59.2 Å². The summed E-state index contributed by atoms with van der Waals surface area (Å²) in [6.45, 7) is 7.41. The van der Waals surface area contributed by atoms with Gasteiger partial charge in [-0.15, -0.1) is 5.10 Å². The van der Waals surface area contributed by atoms with Crippen molar-refractivity contribution in [1.82, 2.24) is 40.3 Å². The van der Waals surface area contributed by atoms with E-state index in [9.17, 15) is 4.79 Å². The number of hydrogen-bond acceptors (Lipinski definition) is 7. The summed E-state index contributed by atoms with van der Waals surface area (Å²) in [7, 11) is 0. The van der Waals surface area contributed by atoms with Crippen molar-refractivity contribution in [1.29, 1.82) is 0 Å². The Morgan fingerprint density at radius 1 is 1.17 bits per heavy atom. The molecular weight excluding hydrogens is 478 g/mol. The van der Waals surface area contributed by atoms with Crippen LogP contribution in [0.3, 0.4) is 0 Å². The van der Waals surface area contributed by atoms with E-state index in [0.29, 0.717) is 17.1 Å². The summed E-state index contributed by atoms with van der Waals surface area (Å²) >= 11 is 6.17. The molecule has 1 aromatic carbocycles. The lowest BCUT2D eigenvalue weighted by Crippen LogP contribution is -2.24. The molecule has 0 radical (unpaired) electrons. The number of benzene rings is 1. The predicted octanol–water partition coefficient (Wildman–Crippen LogP) is 2.90. The van der Waals surface area contributed by atoms with Crippen LogP contribution in [0, 0.1) is 24.7 Å². The van der Waals surface area contributed by atoms with Crippen molar-refractivity contribution in [3.63, 3.8) is 0 Å². The van der Waals surface area contributed by atoms with Gasteiger partial charge in [-0.3, -0.25) is 9.48 Å². The monoisotopic (exact) mass is 503 g/mol. The predicted molar refractivity (Wildman–Crippen MR) is 134 cm³/mol. The van der Waals surface area contributed by atoms with Crippen LogP contribution in [0.1, 0.15) is 34.1 Å². The molecule has 2 fully saturated rings. The molecule has 1 saturated carbocycles. The highest BCUT2D eigenvalue weighted by atomic mass is 35.5. The Morgan fingerprint density at radius 2 is 2.00 bits per heavy atom. The Morgan fingerprint density at radius 3 is 2.75 bits per heavy atom. The molecule has 0 spiro atoms. The number of aromatic nitrogens is 7. The number of pyridine rings is 1. The van der Waals surface area contributed by atoms with Crippen molar-refractivity contribution in [3.05, 3.63) is 76.5 Å². The fourth-order valence-corrected chi connectivity index (χ4v) is 5.34. The second-order valence-corrected chi connectivity index (χ2v) is 10.1. The third-order valence-corrected chi connectivity index (χ3v) is 7.67. The van der Waals surface area contributed by atoms with Crippen LogP contribution in [0.4, 0.5) is 5.82 Å². The van der Waals surface area contributed by atoms with Gasteiger partial charge in [-0.05, 0) is 70.5 Å². The molecule has 1 aliphatic heterocycles. The summed E-state index contributed by atoms with van der Waals surface area (Å²) in [4.78, 5) is 20.1. The number of rotatable bonds is 7. The molecule has 0 bridgehead atoms. The molecule has 6 rings (SSSR count). The minimum Gasteiger partial charge on any atom is -0.356 e. The van der Waals surface area contributed by atoms with Crippen molar-refractivity contribution < 1.29 is 4.79 Å². The number of fused-ring (bicyclic) bond motifs is 1. The van der Waals surface area contributed by atoms with Crippen molar-refractivity contribution in [2.24, 2.45) is 17.8 Å². The zero-order valence-electron chi connectivity index (χ0n) is 20.0. The van der Waals surface area contributed by atoms with Gasteiger partial charge in [0.25, 0.3) is 5.91 Å². The van der Waals surface area contributed by atoms with Gasteiger partial charge >= 0.3 is 0 Å². The number of halogens is 1. The number of amides is 1. The second-order valence-electron chi connectivity index (χ2n) is 9.64. The van der Waals surface area contributed by atoms with E-state index in [1.165, 1.54) is 11.0 Å².